The van der Waals surface area contributed by atoms with Gasteiger partial charge in [0.2, 0.25) is 0 Å². The van der Waals surface area contributed by atoms with Crippen LogP contribution in [0.4, 0.5) is 0 Å². The summed E-state index contributed by atoms with van der Waals surface area (Å²) in [6.45, 7) is 0.947. The van der Waals surface area contributed by atoms with Crippen LogP contribution in [0.25, 0.3) is 10.4 Å². The zero-order chi connectivity index (χ0) is 22.2. The van der Waals surface area contributed by atoms with Gasteiger partial charge in [-0.2, -0.15) is 0 Å². The van der Waals surface area contributed by atoms with E-state index in [-0.39, 0.29) is 16.5 Å². The van der Waals surface area contributed by atoms with E-state index < -0.39 is 5.97 Å². The number of aromatic nitrogens is 1. The molecule has 1 aliphatic heterocycles. The van der Waals surface area contributed by atoms with Crippen LogP contribution in [-0.2, 0) is 13.2 Å². The number of ether oxygens (including phenoxy) is 1. The van der Waals surface area contributed by atoms with Gasteiger partial charge in [0.25, 0.3) is 5.91 Å². The van der Waals surface area contributed by atoms with Gasteiger partial charge in [0.15, 0.2) is 0 Å². The summed E-state index contributed by atoms with van der Waals surface area (Å²) in [6.07, 6.45) is 6.29. The van der Waals surface area contributed by atoms with E-state index in [9.17, 15) is 14.7 Å². The topological polar surface area (TPSA) is 79.7 Å². The molecule has 32 heavy (non-hydrogen) atoms. The summed E-state index contributed by atoms with van der Waals surface area (Å²) in [7, 11) is 0. The average Bonchev–Trinajstić information content (AvgIpc) is 3.53. The minimum Gasteiger partial charge on any atom is -0.486 e. The van der Waals surface area contributed by atoms with Gasteiger partial charge in [0.1, 0.15) is 17.4 Å². The highest BCUT2D eigenvalue weighted by Gasteiger charge is 2.34. The molecule has 6 nitrogen and oxygen atoms in total. The molecule has 0 radical (unpaired) electrons. The minimum atomic E-state index is -1.06. The molecule has 0 bridgehead atoms. The van der Waals surface area contributed by atoms with Crippen molar-refractivity contribution in [2.75, 3.05) is 0 Å². The van der Waals surface area contributed by atoms with E-state index in [0.29, 0.717) is 24.9 Å². The van der Waals surface area contributed by atoms with Crippen LogP contribution in [0, 0.1) is 0 Å². The summed E-state index contributed by atoms with van der Waals surface area (Å²) in [5.41, 5.74) is 2.60. The normalized spacial score (nSPS) is 15.9. The maximum absolute atomic E-state index is 12.7. The first-order valence-corrected chi connectivity index (χ1v) is 11.7. The van der Waals surface area contributed by atoms with Crippen molar-refractivity contribution in [1.29, 1.82) is 0 Å². The Morgan fingerprint density at radius 1 is 1.22 bits per heavy atom. The summed E-state index contributed by atoms with van der Waals surface area (Å²) in [5.74, 6) is -0.223. The van der Waals surface area contributed by atoms with Crippen LogP contribution in [0.2, 0.25) is 5.02 Å². The summed E-state index contributed by atoms with van der Waals surface area (Å²) >= 11 is 7.40. The maximum atomic E-state index is 12.7. The molecule has 1 amide bonds. The van der Waals surface area contributed by atoms with Crippen LogP contribution in [0.3, 0.4) is 0 Å². The number of halogens is 1. The molecule has 1 aromatic heterocycles. The number of rotatable bonds is 6. The highest BCUT2D eigenvalue weighted by atomic mass is 35.5. The zero-order valence-corrected chi connectivity index (χ0v) is 18.8. The van der Waals surface area contributed by atoms with Crippen molar-refractivity contribution in [3.63, 3.8) is 0 Å². The van der Waals surface area contributed by atoms with E-state index in [1.54, 1.807) is 24.4 Å². The lowest BCUT2D eigenvalue weighted by molar-refractivity contribution is 0.0691. The molecule has 2 heterocycles. The first-order valence-electron chi connectivity index (χ1n) is 10.5. The van der Waals surface area contributed by atoms with Gasteiger partial charge in [-0.1, -0.05) is 30.5 Å². The Morgan fingerprint density at radius 3 is 2.81 bits per heavy atom. The summed E-state index contributed by atoms with van der Waals surface area (Å²) < 4.78 is 5.95. The SMILES string of the molecule is O=C(O)c1cc(-c2cnc(COc3ccc4c(c3)CN(C3CCCC3)C4=O)s2)ccc1Cl. The van der Waals surface area contributed by atoms with Crippen LogP contribution in [0.1, 0.15) is 57.0 Å². The predicted octanol–water partition coefficient (Wildman–Crippen LogP) is 5.64. The Hall–Kier alpha value is -2.90. The highest BCUT2D eigenvalue weighted by Crippen LogP contribution is 2.34. The number of hydrogen-bond acceptors (Lipinski definition) is 5. The van der Waals surface area contributed by atoms with Crippen LogP contribution in [0.5, 0.6) is 5.75 Å². The lowest BCUT2D eigenvalue weighted by Crippen LogP contribution is -2.33. The number of carbonyl (C=O) groups excluding carboxylic acids is 1. The van der Waals surface area contributed by atoms with Gasteiger partial charge >= 0.3 is 5.97 Å². The number of carboxylic acids is 1. The smallest absolute Gasteiger partial charge is 0.337 e. The Labute approximate surface area is 194 Å². The molecule has 1 aliphatic carbocycles. The molecular weight excluding hydrogens is 448 g/mol. The molecule has 1 saturated carbocycles. The largest absolute Gasteiger partial charge is 0.486 e. The summed E-state index contributed by atoms with van der Waals surface area (Å²) in [6, 6.07) is 10.9. The van der Waals surface area contributed by atoms with E-state index in [4.69, 9.17) is 16.3 Å². The number of thiazole rings is 1. The molecule has 8 heteroatoms. The minimum absolute atomic E-state index is 0.0645. The molecule has 0 spiro atoms. The summed E-state index contributed by atoms with van der Waals surface area (Å²) in [5, 5.41) is 10.3. The maximum Gasteiger partial charge on any atom is 0.337 e. The van der Waals surface area contributed by atoms with Crippen LogP contribution >= 0.6 is 22.9 Å². The van der Waals surface area contributed by atoms with Gasteiger partial charge in [-0.3, -0.25) is 4.79 Å². The van der Waals surface area contributed by atoms with Crippen molar-refractivity contribution >= 4 is 34.8 Å². The Morgan fingerprint density at radius 2 is 2.03 bits per heavy atom. The zero-order valence-electron chi connectivity index (χ0n) is 17.2. The fourth-order valence-corrected chi connectivity index (χ4v) is 5.44. The monoisotopic (exact) mass is 468 g/mol. The molecule has 0 saturated heterocycles. The lowest BCUT2D eigenvalue weighted by atomic mass is 10.1. The van der Waals surface area contributed by atoms with Crippen LogP contribution in [-0.4, -0.2) is 32.9 Å². The van der Waals surface area contributed by atoms with Gasteiger partial charge in [0.05, 0.1) is 15.5 Å². The molecule has 3 aromatic rings. The molecule has 1 fully saturated rings. The fourth-order valence-electron chi connectivity index (χ4n) is 4.42. The third-order valence-electron chi connectivity index (χ3n) is 6.07. The number of aromatic carboxylic acids is 1. The number of nitrogens with zero attached hydrogens (tertiary/aromatic N) is 2. The number of carboxylic acid groups (broad SMARTS) is 1. The van der Waals surface area contributed by atoms with E-state index in [0.717, 1.165) is 39.4 Å². The molecule has 164 valence electrons. The second kappa shape index (κ2) is 8.56. The van der Waals surface area contributed by atoms with Gasteiger partial charge in [-0.15, -0.1) is 11.3 Å². The van der Waals surface area contributed by atoms with Crippen LogP contribution in [0.15, 0.2) is 42.6 Å². The van der Waals surface area contributed by atoms with E-state index in [1.165, 1.54) is 24.2 Å². The van der Waals surface area contributed by atoms with Crippen molar-refractivity contribution in [2.24, 2.45) is 0 Å². The fraction of sp³-hybridized carbons (Fsp3) is 0.292. The number of benzene rings is 2. The molecule has 1 N–H and O–H groups in total. The van der Waals surface area contributed by atoms with Crippen molar-refractivity contribution in [3.8, 4) is 16.2 Å². The number of carbonyl (C=O) groups is 2. The van der Waals surface area contributed by atoms with Gasteiger partial charge in [0, 0.05) is 24.3 Å². The molecule has 2 aromatic carbocycles. The van der Waals surface area contributed by atoms with Crippen LogP contribution < -0.4 is 4.74 Å². The predicted molar refractivity (Wildman–Crippen MR) is 122 cm³/mol. The number of amides is 1. The first-order chi connectivity index (χ1) is 15.5. The Kier molecular flexibility index (Phi) is 5.61. The number of fused-ring (bicyclic) bond motifs is 1. The standard InChI is InChI=1S/C24H21ClN2O4S/c25-20-8-5-14(10-19(20)24(29)30)21-11-26-22(32-21)13-31-17-6-7-18-15(9-17)12-27(23(18)28)16-3-1-2-4-16/h5-11,16H,1-4,12-13H2,(H,29,30). The molecule has 0 atom stereocenters. The second-order valence-corrected chi connectivity index (χ2v) is 9.62. The van der Waals surface area contributed by atoms with Crippen molar-refractivity contribution < 1.29 is 19.4 Å². The van der Waals surface area contributed by atoms with Crippen molar-refractivity contribution in [3.05, 3.63) is 69.3 Å². The van der Waals surface area contributed by atoms with Gasteiger partial charge < -0.3 is 14.7 Å². The van der Waals surface area contributed by atoms with E-state index in [1.807, 2.05) is 23.1 Å². The lowest BCUT2D eigenvalue weighted by Gasteiger charge is -2.23. The highest BCUT2D eigenvalue weighted by molar-refractivity contribution is 7.15. The third kappa shape index (κ3) is 3.98. The Balaban J connectivity index is 1.27. The first kappa shape index (κ1) is 21.0. The molecular formula is C24H21ClN2O4S. The van der Waals surface area contributed by atoms with Gasteiger partial charge in [-0.05, 0) is 54.3 Å². The second-order valence-electron chi connectivity index (χ2n) is 8.10. The number of hydrogen-bond donors (Lipinski definition) is 1. The Bertz CT molecular complexity index is 1200. The summed E-state index contributed by atoms with van der Waals surface area (Å²) in [4.78, 5) is 31.3. The molecule has 5 rings (SSSR count). The van der Waals surface area contributed by atoms with E-state index >= 15 is 0 Å². The van der Waals surface area contributed by atoms with E-state index in [2.05, 4.69) is 4.98 Å². The molecule has 2 aliphatic rings. The average molecular weight is 469 g/mol. The third-order valence-corrected chi connectivity index (χ3v) is 7.42. The van der Waals surface area contributed by atoms with Gasteiger partial charge in [-0.25, -0.2) is 9.78 Å². The quantitative estimate of drug-likeness (QED) is 0.506. The molecule has 0 unspecified atom stereocenters. The van der Waals surface area contributed by atoms with Crippen molar-refractivity contribution in [2.45, 2.75) is 44.9 Å². The van der Waals surface area contributed by atoms with Crippen molar-refractivity contribution in [1.82, 2.24) is 9.88 Å².